The molecular formula is C27H28ClF3N2O3S. The number of nitrogens with one attached hydrogen (secondary N) is 1. The molecule has 1 aliphatic rings. The lowest BCUT2D eigenvalue weighted by atomic mass is 9.98. The molecule has 4 rings (SSSR count). The molecule has 10 heteroatoms. The van der Waals surface area contributed by atoms with Gasteiger partial charge in [0.2, 0.25) is 0 Å². The van der Waals surface area contributed by atoms with E-state index in [1.165, 1.54) is 30.7 Å². The minimum Gasteiger partial charge on any atom is -0.507 e. The molecule has 0 bridgehead atoms. The Morgan fingerprint density at radius 3 is 2.73 bits per heavy atom. The van der Waals surface area contributed by atoms with Crippen LogP contribution in [0.15, 0.2) is 46.1 Å². The second-order valence-electron chi connectivity index (χ2n) is 9.39. The maximum Gasteiger partial charge on any atom is 0.416 e. The molecule has 0 saturated carbocycles. The van der Waals surface area contributed by atoms with Crippen LogP contribution in [-0.4, -0.2) is 45.7 Å². The van der Waals surface area contributed by atoms with E-state index in [4.69, 9.17) is 11.6 Å². The Hall–Kier alpha value is -2.49. The summed E-state index contributed by atoms with van der Waals surface area (Å²) in [5, 5.41) is 10.9. The monoisotopic (exact) mass is 552 g/mol. The molecule has 1 aromatic heterocycles. The lowest BCUT2D eigenvalue weighted by Gasteiger charge is -2.33. The van der Waals surface area contributed by atoms with Gasteiger partial charge in [-0.15, -0.1) is 11.8 Å². The van der Waals surface area contributed by atoms with Crippen LogP contribution in [-0.2, 0) is 11.0 Å². The molecular weight excluding hydrogens is 525 g/mol. The van der Waals surface area contributed by atoms with Crippen LogP contribution >= 0.6 is 23.4 Å². The largest absolute Gasteiger partial charge is 0.507 e. The lowest BCUT2D eigenvalue weighted by Crippen LogP contribution is -2.38. The average molecular weight is 553 g/mol. The van der Waals surface area contributed by atoms with E-state index in [9.17, 15) is 27.9 Å². The number of pyridine rings is 1. The van der Waals surface area contributed by atoms with Crippen molar-refractivity contribution in [2.75, 3.05) is 18.8 Å². The first-order valence-electron chi connectivity index (χ1n) is 12.2. The maximum atomic E-state index is 13.5. The number of piperidine rings is 1. The molecule has 198 valence electrons. The molecule has 1 aliphatic heterocycles. The zero-order valence-corrected chi connectivity index (χ0v) is 21.9. The fourth-order valence-corrected chi connectivity index (χ4v) is 5.93. The Bertz CT molecular complexity index is 1360. The number of benzene rings is 2. The number of hydrogen-bond acceptors (Lipinski definition) is 5. The van der Waals surface area contributed by atoms with Gasteiger partial charge in [0, 0.05) is 39.5 Å². The number of H-pyrrole nitrogens is 1. The molecule has 1 saturated heterocycles. The number of phenolic OH excluding ortho intramolecular Hbond substituents is 1. The zero-order chi connectivity index (χ0) is 26.7. The Balaban J connectivity index is 1.64. The minimum atomic E-state index is -4.60. The second kappa shape index (κ2) is 11.5. The summed E-state index contributed by atoms with van der Waals surface area (Å²) in [6.45, 7) is 4.05. The van der Waals surface area contributed by atoms with E-state index >= 15 is 0 Å². The van der Waals surface area contributed by atoms with Crippen molar-refractivity contribution in [2.24, 2.45) is 0 Å². The topological polar surface area (TPSA) is 73.4 Å². The fourth-order valence-electron chi connectivity index (χ4n) is 4.76. The van der Waals surface area contributed by atoms with Crippen LogP contribution in [0.2, 0.25) is 5.02 Å². The van der Waals surface area contributed by atoms with Crippen LogP contribution in [0.3, 0.4) is 0 Å². The van der Waals surface area contributed by atoms with Gasteiger partial charge in [0.05, 0.1) is 16.2 Å². The smallest absolute Gasteiger partial charge is 0.416 e. The number of fused-ring (bicyclic) bond motifs is 1. The third-order valence-corrected chi connectivity index (χ3v) is 8.12. The van der Waals surface area contributed by atoms with Crippen LogP contribution in [0.4, 0.5) is 13.2 Å². The zero-order valence-electron chi connectivity index (χ0n) is 20.3. The molecule has 1 atom stereocenters. The number of carbonyl (C=O) groups is 1. The normalized spacial score (nSPS) is 16.8. The number of ketones is 1. The van der Waals surface area contributed by atoms with Gasteiger partial charge in [-0.05, 0) is 75.7 Å². The molecule has 2 N–H and O–H groups in total. The van der Waals surface area contributed by atoms with Crippen molar-refractivity contribution in [2.45, 2.75) is 56.1 Å². The summed E-state index contributed by atoms with van der Waals surface area (Å²) in [4.78, 5) is 30.8. The van der Waals surface area contributed by atoms with E-state index in [2.05, 4.69) is 16.8 Å². The third kappa shape index (κ3) is 6.51. The van der Waals surface area contributed by atoms with E-state index in [1.54, 1.807) is 0 Å². The molecule has 0 aliphatic carbocycles. The summed E-state index contributed by atoms with van der Waals surface area (Å²) < 4.78 is 40.5. The number of aromatic amines is 1. The maximum absolute atomic E-state index is 13.5. The highest BCUT2D eigenvalue weighted by molar-refractivity contribution is 8.00. The molecule has 5 nitrogen and oxygen atoms in total. The molecule has 1 fully saturated rings. The number of thioether (sulfide) groups is 1. The summed E-state index contributed by atoms with van der Waals surface area (Å²) >= 11 is 7.09. The van der Waals surface area contributed by atoms with Gasteiger partial charge in [0.1, 0.15) is 11.5 Å². The Morgan fingerprint density at radius 1 is 1.22 bits per heavy atom. The number of alkyl halides is 3. The molecule has 2 heterocycles. The van der Waals surface area contributed by atoms with Crippen molar-refractivity contribution >= 4 is 40.0 Å². The van der Waals surface area contributed by atoms with E-state index in [1.807, 2.05) is 0 Å². The number of phenols is 1. The van der Waals surface area contributed by atoms with Crippen molar-refractivity contribution in [3.63, 3.8) is 0 Å². The predicted octanol–water partition coefficient (Wildman–Crippen LogP) is 6.89. The first-order chi connectivity index (χ1) is 17.5. The second-order valence-corrected chi connectivity index (χ2v) is 10.8. The van der Waals surface area contributed by atoms with Crippen LogP contribution in [0.5, 0.6) is 5.75 Å². The van der Waals surface area contributed by atoms with E-state index < -0.39 is 17.3 Å². The highest BCUT2D eigenvalue weighted by Crippen LogP contribution is 2.42. The van der Waals surface area contributed by atoms with Crippen molar-refractivity contribution in [3.05, 3.63) is 57.3 Å². The number of nitrogens with zero attached hydrogens (tertiary/aromatic N) is 1. The third-order valence-electron chi connectivity index (χ3n) is 6.74. The lowest BCUT2D eigenvalue weighted by molar-refractivity contribution is -0.137. The molecule has 1 unspecified atom stereocenters. The summed E-state index contributed by atoms with van der Waals surface area (Å²) in [5.41, 5.74) is -1.03. The van der Waals surface area contributed by atoms with E-state index in [0.29, 0.717) is 18.9 Å². The van der Waals surface area contributed by atoms with Gasteiger partial charge in [-0.3, -0.25) is 9.59 Å². The summed E-state index contributed by atoms with van der Waals surface area (Å²) in [7, 11) is 0. The number of aromatic hydroxyl groups is 1. The number of aromatic nitrogens is 1. The molecule has 3 aromatic rings. The quantitative estimate of drug-likeness (QED) is 0.298. The number of likely N-dealkylation sites (tertiary alicyclic amines) is 1. The summed E-state index contributed by atoms with van der Waals surface area (Å²) in [5.74, 6) is -0.311. The van der Waals surface area contributed by atoms with Gasteiger partial charge in [0.15, 0.2) is 0 Å². The summed E-state index contributed by atoms with van der Waals surface area (Å²) in [6, 6.07) is 7.68. The van der Waals surface area contributed by atoms with Crippen LogP contribution in [0, 0.1) is 0 Å². The first kappa shape index (κ1) is 27.5. The fraction of sp³-hybridized carbons (Fsp3) is 0.407. The molecule has 0 amide bonds. The summed E-state index contributed by atoms with van der Waals surface area (Å²) in [6.07, 6.45) is -0.0141. The number of halogens is 4. The van der Waals surface area contributed by atoms with Crippen LogP contribution < -0.4 is 5.56 Å². The van der Waals surface area contributed by atoms with Gasteiger partial charge in [-0.25, -0.2) is 0 Å². The molecule has 0 radical (unpaired) electrons. The van der Waals surface area contributed by atoms with E-state index in [-0.39, 0.29) is 49.2 Å². The van der Waals surface area contributed by atoms with Crippen molar-refractivity contribution in [3.8, 4) is 16.9 Å². The first-order valence-corrected chi connectivity index (χ1v) is 13.6. The minimum absolute atomic E-state index is 0.0164. The average Bonchev–Trinajstić information content (AvgIpc) is 2.84. The highest BCUT2D eigenvalue weighted by Gasteiger charge is 2.31. The van der Waals surface area contributed by atoms with Gasteiger partial charge in [0.25, 0.3) is 5.56 Å². The van der Waals surface area contributed by atoms with Gasteiger partial charge >= 0.3 is 6.18 Å². The van der Waals surface area contributed by atoms with Crippen molar-refractivity contribution in [1.29, 1.82) is 0 Å². The van der Waals surface area contributed by atoms with Gasteiger partial charge in [-0.2, -0.15) is 13.2 Å². The number of rotatable bonds is 8. The highest BCUT2D eigenvalue weighted by atomic mass is 35.5. The number of hydrogen-bond donors (Lipinski definition) is 2. The van der Waals surface area contributed by atoms with Crippen molar-refractivity contribution in [1.82, 2.24) is 9.88 Å². The Labute approximate surface area is 222 Å². The molecule has 0 spiro atoms. The number of Topliss-reactive ketones (excluding diaryl/α,β-unsaturated/α-hetero) is 1. The molecule has 37 heavy (non-hydrogen) atoms. The Morgan fingerprint density at radius 2 is 2.00 bits per heavy atom. The van der Waals surface area contributed by atoms with Crippen molar-refractivity contribution < 1.29 is 23.1 Å². The standard InChI is InChI=1S/C27H28ClF3N2O3S/c1-16-5-2-3-11-33(16)12-4-6-19(34)15-37-25-24(21-14-18(28)8-10-23(21)35)20-13-17(27(29,30)31)7-9-22(20)32-26(25)36/h7-10,13-14,16,35H,2-6,11-12,15H2,1H3,(H,32,36). The van der Waals surface area contributed by atoms with Gasteiger partial charge < -0.3 is 15.0 Å². The SMILES string of the molecule is CC1CCCCN1CCCC(=O)CSc1c(-c2cc(Cl)ccc2O)c2cc(C(F)(F)F)ccc2[nH]c1=O. The van der Waals surface area contributed by atoms with Crippen LogP contribution in [0.1, 0.15) is 44.6 Å². The van der Waals surface area contributed by atoms with Crippen LogP contribution in [0.25, 0.3) is 22.0 Å². The van der Waals surface area contributed by atoms with Gasteiger partial charge in [-0.1, -0.05) is 18.0 Å². The Kier molecular flexibility index (Phi) is 8.56. The van der Waals surface area contributed by atoms with E-state index in [0.717, 1.165) is 49.8 Å². The molecule has 2 aromatic carbocycles. The number of carbonyl (C=O) groups excluding carboxylic acids is 1. The predicted molar refractivity (Wildman–Crippen MR) is 142 cm³/mol.